The van der Waals surface area contributed by atoms with Gasteiger partial charge in [0.05, 0.1) is 7.14 Å². The topological polar surface area (TPSA) is 47.9 Å². The summed E-state index contributed by atoms with van der Waals surface area (Å²) in [6.07, 6.45) is 1.74. The summed E-state index contributed by atoms with van der Waals surface area (Å²) < 4.78 is 15.3. The number of hydrogen-bond donors (Lipinski definition) is 0. The second kappa shape index (κ2) is 10.3. The molecule has 0 saturated carbocycles. The molecule has 3 aromatic rings. The number of carbonyl (C=O) groups excluding carboxylic acids is 1. The molecule has 8 heteroatoms. The largest absolute Gasteiger partial charge is 0.487 e. The van der Waals surface area contributed by atoms with Crippen LogP contribution in [0.25, 0.3) is 6.08 Å². The predicted octanol–water partition coefficient (Wildman–Crippen LogP) is 7.19. The standard InChI is InChI=1S/C23H13BrI3NO3/c24-16-11-15(6-7-17(16)25)22-28-20(23(29)31-22)10-14-8-18(26)21(19(27)9-14)30-12-13-4-2-1-3-5-13/h1-11H,12H2/b20-10-. The predicted molar refractivity (Wildman–Crippen MR) is 150 cm³/mol. The van der Waals surface area contributed by atoms with Gasteiger partial charge in [0, 0.05) is 13.6 Å². The van der Waals surface area contributed by atoms with Crippen LogP contribution < -0.4 is 4.74 Å². The van der Waals surface area contributed by atoms with Crippen molar-refractivity contribution in [3.8, 4) is 5.75 Å². The molecule has 0 aromatic heterocycles. The first-order chi connectivity index (χ1) is 14.9. The second-order valence-electron chi connectivity index (χ2n) is 6.55. The summed E-state index contributed by atoms with van der Waals surface area (Å²) in [5.41, 5.74) is 2.99. The van der Waals surface area contributed by atoms with Gasteiger partial charge in [0.15, 0.2) is 5.70 Å². The summed E-state index contributed by atoms with van der Waals surface area (Å²) in [5.74, 6) is 0.675. The van der Waals surface area contributed by atoms with Crippen LogP contribution in [0, 0.1) is 10.7 Å². The third-order valence-corrected chi connectivity index (χ3v) is 8.28. The Morgan fingerprint density at radius 1 is 0.968 bits per heavy atom. The fraction of sp³-hybridized carbons (Fsp3) is 0.0435. The van der Waals surface area contributed by atoms with Gasteiger partial charge in [-0.1, -0.05) is 30.3 Å². The third-order valence-electron chi connectivity index (χ3n) is 4.34. The number of ether oxygens (including phenoxy) is 2. The van der Waals surface area contributed by atoms with Crippen LogP contribution in [0.4, 0.5) is 0 Å². The van der Waals surface area contributed by atoms with Crippen LogP contribution in [0.5, 0.6) is 5.75 Å². The molecule has 3 aromatic carbocycles. The van der Waals surface area contributed by atoms with E-state index in [0.717, 1.165) is 37.6 Å². The van der Waals surface area contributed by atoms with Crippen molar-refractivity contribution in [2.75, 3.05) is 0 Å². The molecule has 156 valence electrons. The first-order valence-electron chi connectivity index (χ1n) is 9.04. The second-order valence-corrected chi connectivity index (χ2v) is 10.9. The van der Waals surface area contributed by atoms with E-state index < -0.39 is 5.97 Å². The van der Waals surface area contributed by atoms with Crippen LogP contribution in [-0.2, 0) is 16.1 Å². The average Bonchev–Trinajstić information content (AvgIpc) is 3.10. The number of rotatable bonds is 5. The molecule has 0 fully saturated rings. The van der Waals surface area contributed by atoms with Gasteiger partial charge in [-0.25, -0.2) is 9.79 Å². The zero-order valence-corrected chi connectivity index (χ0v) is 23.8. The van der Waals surface area contributed by atoms with E-state index in [4.69, 9.17) is 9.47 Å². The van der Waals surface area contributed by atoms with Gasteiger partial charge < -0.3 is 9.47 Å². The van der Waals surface area contributed by atoms with Crippen LogP contribution >= 0.6 is 83.7 Å². The molecule has 0 spiro atoms. The lowest BCUT2D eigenvalue weighted by Crippen LogP contribution is -2.05. The lowest BCUT2D eigenvalue weighted by molar-refractivity contribution is -0.129. The molecule has 0 atom stereocenters. The van der Waals surface area contributed by atoms with E-state index in [-0.39, 0.29) is 5.70 Å². The van der Waals surface area contributed by atoms with Gasteiger partial charge in [0.1, 0.15) is 12.4 Å². The molecule has 1 aliphatic heterocycles. The Morgan fingerprint density at radius 2 is 1.68 bits per heavy atom. The molecule has 4 nitrogen and oxygen atoms in total. The van der Waals surface area contributed by atoms with E-state index in [0.29, 0.717) is 12.5 Å². The maximum atomic E-state index is 12.4. The van der Waals surface area contributed by atoms with Gasteiger partial charge in [0.2, 0.25) is 5.90 Å². The van der Waals surface area contributed by atoms with Gasteiger partial charge >= 0.3 is 5.97 Å². The molecule has 1 heterocycles. The van der Waals surface area contributed by atoms with Crippen molar-refractivity contribution in [2.24, 2.45) is 4.99 Å². The maximum absolute atomic E-state index is 12.4. The van der Waals surface area contributed by atoms with Crippen LogP contribution in [0.2, 0.25) is 0 Å². The van der Waals surface area contributed by atoms with Gasteiger partial charge in [-0.05, 0) is 131 Å². The van der Waals surface area contributed by atoms with Crippen molar-refractivity contribution < 1.29 is 14.3 Å². The average molecular weight is 812 g/mol. The Kier molecular flexibility index (Phi) is 7.70. The highest BCUT2D eigenvalue weighted by atomic mass is 127. The molecule has 31 heavy (non-hydrogen) atoms. The molecule has 0 aliphatic carbocycles. The highest BCUT2D eigenvalue weighted by Gasteiger charge is 2.24. The molecule has 0 unspecified atom stereocenters. The minimum Gasteiger partial charge on any atom is -0.487 e. The van der Waals surface area contributed by atoms with E-state index in [2.05, 4.69) is 88.7 Å². The quantitative estimate of drug-likeness (QED) is 0.156. The summed E-state index contributed by atoms with van der Waals surface area (Å²) in [5, 5.41) is 0. The van der Waals surface area contributed by atoms with E-state index in [1.807, 2.05) is 60.7 Å². The Morgan fingerprint density at radius 3 is 2.35 bits per heavy atom. The monoisotopic (exact) mass is 811 g/mol. The van der Waals surface area contributed by atoms with E-state index in [9.17, 15) is 4.79 Å². The number of benzene rings is 3. The number of cyclic esters (lactones) is 1. The first kappa shape index (κ1) is 23.2. The summed E-state index contributed by atoms with van der Waals surface area (Å²) in [7, 11) is 0. The Bertz CT molecular complexity index is 1200. The molecule has 4 rings (SSSR count). The van der Waals surface area contributed by atoms with Crippen molar-refractivity contribution in [1.29, 1.82) is 0 Å². The van der Waals surface area contributed by atoms with Crippen LogP contribution in [0.3, 0.4) is 0 Å². The smallest absolute Gasteiger partial charge is 0.363 e. The van der Waals surface area contributed by atoms with E-state index in [1.54, 1.807) is 6.08 Å². The Hall–Kier alpha value is -0.990. The maximum Gasteiger partial charge on any atom is 0.363 e. The number of nitrogens with zero attached hydrogens (tertiary/aromatic N) is 1. The summed E-state index contributed by atoms with van der Waals surface area (Å²) in [6, 6.07) is 19.7. The van der Waals surface area contributed by atoms with Crippen molar-refractivity contribution >= 4 is 102 Å². The molecule has 0 radical (unpaired) electrons. The number of esters is 1. The van der Waals surface area contributed by atoms with E-state index in [1.165, 1.54) is 0 Å². The fourth-order valence-electron chi connectivity index (χ4n) is 2.85. The van der Waals surface area contributed by atoms with Crippen LogP contribution in [-0.4, -0.2) is 11.9 Å². The zero-order chi connectivity index (χ0) is 22.0. The molecular formula is C23H13BrI3NO3. The van der Waals surface area contributed by atoms with Gasteiger partial charge in [-0.15, -0.1) is 0 Å². The highest BCUT2D eigenvalue weighted by molar-refractivity contribution is 14.1. The number of aliphatic imine (C=N–C) groups is 1. The van der Waals surface area contributed by atoms with Gasteiger partial charge in [-0.3, -0.25) is 0 Å². The highest BCUT2D eigenvalue weighted by Crippen LogP contribution is 2.31. The minimum atomic E-state index is -0.459. The van der Waals surface area contributed by atoms with Gasteiger partial charge in [-0.2, -0.15) is 0 Å². The molecule has 0 N–H and O–H groups in total. The molecule has 1 aliphatic rings. The molecular weight excluding hydrogens is 799 g/mol. The number of carbonyl (C=O) groups is 1. The SMILES string of the molecule is O=C1OC(c2ccc(I)c(Br)c2)=N/C1=C\c1cc(I)c(OCc2ccccc2)c(I)c1. The number of hydrogen-bond acceptors (Lipinski definition) is 4. The third kappa shape index (κ3) is 5.69. The van der Waals surface area contributed by atoms with Crippen LogP contribution in [0.15, 0.2) is 75.8 Å². The first-order valence-corrected chi connectivity index (χ1v) is 13.1. The normalized spacial score (nSPS) is 14.5. The zero-order valence-electron chi connectivity index (χ0n) is 15.7. The van der Waals surface area contributed by atoms with Gasteiger partial charge in [0.25, 0.3) is 0 Å². The van der Waals surface area contributed by atoms with E-state index >= 15 is 0 Å². The lowest BCUT2D eigenvalue weighted by Gasteiger charge is -2.11. The summed E-state index contributed by atoms with van der Waals surface area (Å²) >= 11 is 10.2. The van der Waals surface area contributed by atoms with Crippen molar-refractivity contribution in [3.63, 3.8) is 0 Å². The van der Waals surface area contributed by atoms with Crippen molar-refractivity contribution in [1.82, 2.24) is 0 Å². The van der Waals surface area contributed by atoms with Crippen molar-refractivity contribution in [3.05, 3.63) is 98.2 Å². The van der Waals surface area contributed by atoms with Crippen LogP contribution in [0.1, 0.15) is 16.7 Å². The number of halogens is 4. The molecule has 0 bridgehead atoms. The molecule has 0 amide bonds. The summed E-state index contributed by atoms with van der Waals surface area (Å²) in [6.45, 7) is 0.499. The lowest BCUT2D eigenvalue weighted by atomic mass is 10.2. The fourth-order valence-corrected chi connectivity index (χ4v) is 5.69. The minimum absolute atomic E-state index is 0.272. The Balaban J connectivity index is 1.57. The Labute approximate surface area is 229 Å². The summed E-state index contributed by atoms with van der Waals surface area (Å²) in [4.78, 5) is 16.8. The van der Waals surface area contributed by atoms with Crippen molar-refractivity contribution in [2.45, 2.75) is 6.61 Å². The molecule has 0 saturated heterocycles.